The summed E-state index contributed by atoms with van der Waals surface area (Å²) in [5, 5.41) is 20.8. The molecule has 6 heteroatoms. The minimum absolute atomic E-state index is 0.00977. The first-order valence-corrected chi connectivity index (χ1v) is 6.08. The van der Waals surface area contributed by atoms with Crippen LogP contribution in [0.15, 0.2) is 52.9 Å². The van der Waals surface area contributed by atoms with Crippen LogP contribution in [0.2, 0.25) is 0 Å². The summed E-state index contributed by atoms with van der Waals surface area (Å²) >= 11 is 0. The first-order chi connectivity index (χ1) is 10.1. The fourth-order valence-electron chi connectivity index (χ4n) is 2.29. The molecule has 104 valence electrons. The molecule has 0 amide bonds. The van der Waals surface area contributed by atoms with Crippen LogP contribution in [-0.4, -0.2) is 16.0 Å². The van der Waals surface area contributed by atoms with Crippen LogP contribution in [0.1, 0.15) is 10.4 Å². The van der Waals surface area contributed by atoms with E-state index < -0.39 is 16.8 Å². The van der Waals surface area contributed by atoms with Gasteiger partial charge >= 0.3 is 11.9 Å². The lowest BCUT2D eigenvalue weighted by Gasteiger charge is -1.98. The van der Waals surface area contributed by atoms with Gasteiger partial charge in [0.2, 0.25) is 0 Å². The van der Waals surface area contributed by atoms with Crippen LogP contribution in [-0.2, 0) is 0 Å². The molecule has 0 saturated heterocycles. The van der Waals surface area contributed by atoms with E-state index in [0.717, 1.165) is 0 Å². The lowest BCUT2D eigenvalue weighted by Crippen LogP contribution is -1.95. The summed E-state index contributed by atoms with van der Waals surface area (Å²) in [4.78, 5) is 21.8. The lowest BCUT2D eigenvalue weighted by atomic mass is 10.0. The molecule has 0 unspecified atom stereocenters. The Hall–Kier alpha value is -3.15. The second-order valence-electron chi connectivity index (χ2n) is 4.39. The number of hydrogen-bond acceptors (Lipinski definition) is 4. The monoisotopic (exact) mass is 283 g/mol. The zero-order chi connectivity index (χ0) is 15.0. The molecular formula is C15H9NO5. The molecule has 21 heavy (non-hydrogen) atoms. The van der Waals surface area contributed by atoms with Gasteiger partial charge in [-0.15, -0.1) is 0 Å². The highest BCUT2D eigenvalue weighted by molar-refractivity contribution is 6.07. The third kappa shape index (κ3) is 2.02. The first kappa shape index (κ1) is 12.9. The summed E-state index contributed by atoms with van der Waals surface area (Å²) in [5.74, 6) is -1.64. The first-order valence-electron chi connectivity index (χ1n) is 6.08. The zero-order valence-electron chi connectivity index (χ0n) is 10.6. The molecule has 6 nitrogen and oxygen atoms in total. The van der Waals surface area contributed by atoms with E-state index >= 15 is 0 Å². The van der Waals surface area contributed by atoms with Crippen molar-refractivity contribution in [1.82, 2.24) is 0 Å². The highest BCUT2D eigenvalue weighted by Gasteiger charge is 2.27. The Bertz CT molecular complexity index is 851. The van der Waals surface area contributed by atoms with Gasteiger partial charge in [-0.05, 0) is 11.6 Å². The number of carbonyl (C=O) groups is 1. The number of nitrogens with zero attached hydrogens (tertiary/aromatic N) is 1. The molecular weight excluding hydrogens is 274 g/mol. The van der Waals surface area contributed by atoms with Gasteiger partial charge in [0, 0.05) is 5.39 Å². The second-order valence-corrected chi connectivity index (χ2v) is 4.39. The summed E-state index contributed by atoms with van der Waals surface area (Å²) in [6.07, 6.45) is 0. The molecule has 1 heterocycles. The summed E-state index contributed by atoms with van der Waals surface area (Å²) in [6, 6.07) is 13.2. The summed E-state index contributed by atoms with van der Waals surface area (Å²) in [5.41, 5.74) is 0.803. The minimum Gasteiger partial charge on any atom is -0.478 e. The predicted octanol–water partition coefficient (Wildman–Crippen LogP) is 3.71. The Labute approximate surface area is 118 Å². The van der Waals surface area contributed by atoms with Crippen LogP contribution in [0.5, 0.6) is 0 Å². The molecule has 1 N–H and O–H groups in total. The number of benzene rings is 2. The van der Waals surface area contributed by atoms with Gasteiger partial charge in [0.1, 0.15) is 16.1 Å². The van der Waals surface area contributed by atoms with E-state index in [1.807, 2.05) is 0 Å². The van der Waals surface area contributed by atoms with Gasteiger partial charge in [0.15, 0.2) is 5.58 Å². The van der Waals surface area contributed by atoms with E-state index in [1.165, 1.54) is 12.1 Å². The fourth-order valence-corrected chi connectivity index (χ4v) is 2.29. The maximum absolute atomic E-state index is 11.2. The number of para-hydroxylation sites is 1. The highest BCUT2D eigenvalue weighted by Crippen LogP contribution is 2.40. The maximum atomic E-state index is 11.2. The molecule has 0 atom stereocenters. The van der Waals surface area contributed by atoms with Crippen molar-refractivity contribution in [3.8, 4) is 11.1 Å². The largest absolute Gasteiger partial charge is 0.478 e. The van der Waals surface area contributed by atoms with Crippen LogP contribution >= 0.6 is 0 Å². The molecule has 1 aromatic heterocycles. The third-order valence-corrected chi connectivity index (χ3v) is 3.16. The maximum Gasteiger partial charge on any atom is 0.442 e. The molecule has 2 aromatic carbocycles. The van der Waals surface area contributed by atoms with Gasteiger partial charge in [-0.25, -0.2) is 4.79 Å². The topological polar surface area (TPSA) is 93.6 Å². The van der Waals surface area contributed by atoms with Gasteiger partial charge < -0.3 is 9.52 Å². The van der Waals surface area contributed by atoms with Crippen molar-refractivity contribution in [3.05, 3.63) is 64.2 Å². The van der Waals surface area contributed by atoms with E-state index in [4.69, 9.17) is 9.52 Å². The fraction of sp³-hybridized carbons (Fsp3) is 0. The average molecular weight is 283 g/mol. The van der Waals surface area contributed by atoms with Crippen molar-refractivity contribution < 1.29 is 19.2 Å². The molecule has 0 bridgehead atoms. The molecule has 0 aliphatic rings. The summed E-state index contributed by atoms with van der Waals surface area (Å²) in [7, 11) is 0. The number of fused-ring (bicyclic) bond motifs is 1. The Morgan fingerprint density at radius 1 is 1.10 bits per heavy atom. The molecule has 0 fully saturated rings. The van der Waals surface area contributed by atoms with Crippen molar-refractivity contribution in [2.75, 3.05) is 0 Å². The standard InChI is InChI=1S/C15H9NO5/c17-15(18)11-8-4-7-10-12(9-5-2-1-3-6-9)14(16(19)20)21-13(10)11/h1-8H,(H,17,18). The van der Waals surface area contributed by atoms with Gasteiger partial charge in [-0.2, -0.15) is 0 Å². The minimum atomic E-state index is -1.19. The number of carboxylic acids is 1. The second kappa shape index (κ2) is 4.75. The van der Waals surface area contributed by atoms with Crippen molar-refractivity contribution >= 4 is 22.8 Å². The van der Waals surface area contributed by atoms with Crippen molar-refractivity contribution in [3.63, 3.8) is 0 Å². The quantitative estimate of drug-likeness (QED) is 0.584. The SMILES string of the molecule is O=C(O)c1cccc2c(-c3ccccc3)c([N+](=O)[O-])oc12. The third-order valence-electron chi connectivity index (χ3n) is 3.16. The normalized spacial score (nSPS) is 10.7. The Morgan fingerprint density at radius 2 is 1.81 bits per heavy atom. The molecule has 0 saturated carbocycles. The number of furan rings is 1. The van der Waals surface area contributed by atoms with E-state index in [0.29, 0.717) is 16.5 Å². The lowest BCUT2D eigenvalue weighted by molar-refractivity contribution is -0.400. The van der Waals surface area contributed by atoms with Gasteiger partial charge in [-0.3, -0.25) is 10.1 Å². The smallest absolute Gasteiger partial charge is 0.442 e. The van der Waals surface area contributed by atoms with Crippen LogP contribution in [0.25, 0.3) is 22.1 Å². The van der Waals surface area contributed by atoms with E-state index in [2.05, 4.69) is 0 Å². The zero-order valence-corrected chi connectivity index (χ0v) is 10.6. The Balaban J connectivity index is 2.42. The van der Waals surface area contributed by atoms with Crippen LogP contribution in [0, 0.1) is 10.1 Å². The predicted molar refractivity (Wildman–Crippen MR) is 75.3 cm³/mol. The molecule has 0 aliphatic carbocycles. The number of aromatic carboxylic acids is 1. The highest BCUT2D eigenvalue weighted by atomic mass is 16.6. The molecule has 3 aromatic rings. The van der Waals surface area contributed by atoms with Gasteiger partial charge in [0.25, 0.3) is 0 Å². The number of rotatable bonds is 3. The van der Waals surface area contributed by atoms with Crippen LogP contribution in [0.4, 0.5) is 5.88 Å². The molecule has 0 aliphatic heterocycles. The summed E-state index contributed by atoms with van der Waals surface area (Å²) in [6.45, 7) is 0. The number of carboxylic acid groups (broad SMARTS) is 1. The van der Waals surface area contributed by atoms with Crippen molar-refractivity contribution in [2.45, 2.75) is 0 Å². The van der Waals surface area contributed by atoms with Crippen molar-refractivity contribution in [2.24, 2.45) is 0 Å². The van der Waals surface area contributed by atoms with E-state index in [9.17, 15) is 14.9 Å². The molecule has 3 rings (SSSR count). The van der Waals surface area contributed by atoms with Crippen LogP contribution in [0.3, 0.4) is 0 Å². The van der Waals surface area contributed by atoms with E-state index in [-0.39, 0.29) is 11.1 Å². The molecule has 0 radical (unpaired) electrons. The van der Waals surface area contributed by atoms with E-state index in [1.54, 1.807) is 36.4 Å². The Kier molecular flexibility index (Phi) is 2.91. The Morgan fingerprint density at radius 3 is 2.43 bits per heavy atom. The number of hydrogen-bond donors (Lipinski definition) is 1. The average Bonchev–Trinajstić information content (AvgIpc) is 2.87. The van der Waals surface area contributed by atoms with Crippen LogP contribution < -0.4 is 0 Å². The van der Waals surface area contributed by atoms with Gasteiger partial charge in [0.05, 0.1) is 0 Å². The molecule has 0 spiro atoms. The van der Waals surface area contributed by atoms with Gasteiger partial charge in [-0.1, -0.05) is 42.5 Å². The van der Waals surface area contributed by atoms with Crippen molar-refractivity contribution in [1.29, 1.82) is 0 Å². The summed E-state index contributed by atoms with van der Waals surface area (Å²) < 4.78 is 5.23. The number of nitro groups is 1.